The summed E-state index contributed by atoms with van der Waals surface area (Å²) < 4.78 is 7.03. The fourth-order valence-electron chi connectivity index (χ4n) is 2.06. The van der Waals surface area contributed by atoms with E-state index in [1.807, 2.05) is 51.2 Å². The van der Waals surface area contributed by atoms with Crippen LogP contribution >= 0.6 is 0 Å². The molecule has 2 rings (SSSR count). The van der Waals surface area contributed by atoms with Gasteiger partial charge in [-0.3, -0.25) is 9.48 Å². The molecule has 0 fully saturated rings. The maximum Gasteiger partial charge on any atom is 0.307 e. The Bertz CT molecular complexity index is 654. The average molecular weight is 288 g/mol. The van der Waals surface area contributed by atoms with Gasteiger partial charge in [0.15, 0.2) is 0 Å². The van der Waals surface area contributed by atoms with E-state index in [-0.39, 0.29) is 12.0 Å². The highest BCUT2D eigenvalue weighted by Crippen LogP contribution is 2.28. The standard InChI is InChI=1S/C16H20N2O3/c1-16(2,3)18-10-12(9-14(19)20)15(17-18)11-6-5-7-13(8-11)21-4/h5-8,10H,9H2,1-4H3,(H,19,20). The van der Waals surface area contributed by atoms with Crippen LogP contribution in [-0.4, -0.2) is 28.0 Å². The summed E-state index contributed by atoms with van der Waals surface area (Å²) in [5.74, 6) is -0.147. The number of aromatic nitrogens is 2. The van der Waals surface area contributed by atoms with Gasteiger partial charge in [-0.15, -0.1) is 0 Å². The van der Waals surface area contributed by atoms with E-state index in [1.54, 1.807) is 11.8 Å². The average Bonchev–Trinajstić information content (AvgIpc) is 2.82. The van der Waals surface area contributed by atoms with Crippen molar-refractivity contribution < 1.29 is 14.6 Å². The molecule has 0 atom stereocenters. The minimum Gasteiger partial charge on any atom is -0.497 e. The molecule has 0 aliphatic heterocycles. The molecule has 5 nitrogen and oxygen atoms in total. The van der Waals surface area contributed by atoms with Gasteiger partial charge in [0.25, 0.3) is 0 Å². The molecule has 0 aliphatic carbocycles. The number of carbonyl (C=O) groups is 1. The second-order valence-corrected chi connectivity index (χ2v) is 5.92. The number of ether oxygens (including phenoxy) is 1. The van der Waals surface area contributed by atoms with E-state index in [0.29, 0.717) is 11.3 Å². The van der Waals surface area contributed by atoms with E-state index in [1.165, 1.54) is 0 Å². The van der Waals surface area contributed by atoms with E-state index >= 15 is 0 Å². The molecule has 0 bridgehead atoms. The number of rotatable bonds is 4. The highest BCUT2D eigenvalue weighted by Gasteiger charge is 2.20. The Morgan fingerprint density at radius 1 is 1.38 bits per heavy atom. The summed E-state index contributed by atoms with van der Waals surface area (Å²) in [6.45, 7) is 6.08. The number of carboxylic acids is 1. The van der Waals surface area contributed by atoms with Crippen molar-refractivity contribution in [1.82, 2.24) is 9.78 Å². The molecule has 2 aromatic rings. The minimum atomic E-state index is -0.868. The SMILES string of the molecule is COc1cccc(-c2nn(C(C)(C)C)cc2CC(=O)O)c1. The minimum absolute atomic E-state index is 0.0530. The van der Waals surface area contributed by atoms with Crippen molar-refractivity contribution in [1.29, 1.82) is 0 Å². The van der Waals surface area contributed by atoms with E-state index in [9.17, 15) is 4.79 Å². The molecule has 5 heteroatoms. The summed E-state index contributed by atoms with van der Waals surface area (Å²) >= 11 is 0. The van der Waals surface area contributed by atoms with Crippen LogP contribution in [0.25, 0.3) is 11.3 Å². The van der Waals surface area contributed by atoms with Crippen LogP contribution in [0.1, 0.15) is 26.3 Å². The largest absolute Gasteiger partial charge is 0.497 e. The van der Waals surface area contributed by atoms with Crippen molar-refractivity contribution in [2.45, 2.75) is 32.7 Å². The van der Waals surface area contributed by atoms with Crippen LogP contribution in [0.2, 0.25) is 0 Å². The lowest BCUT2D eigenvalue weighted by molar-refractivity contribution is -0.136. The molecular formula is C16H20N2O3. The van der Waals surface area contributed by atoms with Crippen LogP contribution in [-0.2, 0) is 16.8 Å². The predicted octanol–water partition coefficient (Wildman–Crippen LogP) is 2.94. The van der Waals surface area contributed by atoms with Crippen molar-refractivity contribution in [2.24, 2.45) is 0 Å². The molecule has 21 heavy (non-hydrogen) atoms. The van der Waals surface area contributed by atoms with Gasteiger partial charge in [0, 0.05) is 17.3 Å². The van der Waals surface area contributed by atoms with Crippen LogP contribution < -0.4 is 4.74 Å². The number of aliphatic carboxylic acids is 1. The Balaban J connectivity index is 2.54. The smallest absolute Gasteiger partial charge is 0.307 e. The maximum atomic E-state index is 11.1. The van der Waals surface area contributed by atoms with Gasteiger partial charge in [-0.05, 0) is 32.9 Å². The van der Waals surface area contributed by atoms with Gasteiger partial charge in [-0.2, -0.15) is 5.10 Å². The van der Waals surface area contributed by atoms with E-state index in [2.05, 4.69) is 5.10 Å². The lowest BCUT2D eigenvalue weighted by atomic mass is 10.1. The maximum absolute atomic E-state index is 11.1. The van der Waals surface area contributed by atoms with Crippen molar-refractivity contribution in [2.75, 3.05) is 7.11 Å². The first-order chi connectivity index (χ1) is 9.81. The van der Waals surface area contributed by atoms with Crippen molar-refractivity contribution in [3.63, 3.8) is 0 Å². The molecule has 0 saturated carbocycles. The quantitative estimate of drug-likeness (QED) is 0.939. The van der Waals surface area contributed by atoms with Gasteiger partial charge in [0.1, 0.15) is 5.75 Å². The third kappa shape index (κ3) is 3.42. The van der Waals surface area contributed by atoms with Gasteiger partial charge in [-0.1, -0.05) is 12.1 Å². The summed E-state index contributed by atoms with van der Waals surface area (Å²) in [4.78, 5) is 11.1. The first-order valence-corrected chi connectivity index (χ1v) is 6.76. The van der Waals surface area contributed by atoms with Crippen molar-refractivity contribution in [3.05, 3.63) is 36.0 Å². The van der Waals surface area contributed by atoms with Crippen molar-refractivity contribution in [3.8, 4) is 17.0 Å². The number of benzene rings is 1. The second-order valence-electron chi connectivity index (χ2n) is 5.92. The molecular weight excluding hydrogens is 268 g/mol. The van der Waals surface area contributed by atoms with Gasteiger partial charge >= 0.3 is 5.97 Å². The number of nitrogens with zero attached hydrogens (tertiary/aromatic N) is 2. The monoisotopic (exact) mass is 288 g/mol. The van der Waals surface area contributed by atoms with E-state index in [4.69, 9.17) is 9.84 Å². The second kappa shape index (κ2) is 5.60. The van der Waals surface area contributed by atoms with Gasteiger partial charge < -0.3 is 9.84 Å². The summed E-state index contributed by atoms with van der Waals surface area (Å²) in [5, 5.41) is 13.7. The van der Waals surface area contributed by atoms with Gasteiger partial charge in [-0.25, -0.2) is 0 Å². The highest BCUT2D eigenvalue weighted by molar-refractivity contribution is 5.75. The highest BCUT2D eigenvalue weighted by atomic mass is 16.5. The summed E-state index contributed by atoms with van der Waals surface area (Å²) in [6.07, 6.45) is 1.76. The molecule has 0 unspecified atom stereocenters. The molecule has 112 valence electrons. The summed E-state index contributed by atoms with van der Waals surface area (Å²) in [5.41, 5.74) is 2.04. The Morgan fingerprint density at radius 2 is 2.10 bits per heavy atom. The summed E-state index contributed by atoms with van der Waals surface area (Å²) in [7, 11) is 1.60. The summed E-state index contributed by atoms with van der Waals surface area (Å²) in [6, 6.07) is 7.49. The number of hydrogen-bond donors (Lipinski definition) is 1. The number of hydrogen-bond acceptors (Lipinski definition) is 3. The number of carboxylic acid groups (broad SMARTS) is 1. The Morgan fingerprint density at radius 3 is 2.67 bits per heavy atom. The lowest BCUT2D eigenvalue weighted by Crippen LogP contribution is -2.22. The third-order valence-corrected chi connectivity index (χ3v) is 3.16. The normalized spacial score (nSPS) is 11.4. The van der Waals surface area contributed by atoms with Crippen molar-refractivity contribution >= 4 is 5.97 Å². The fourth-order valence-corrected chi connectivity index (χ4v) is 2.06. The topological polar surface area (TPSA) is 64.4 Å². The van der Waals surface area contributed by atoms with E-state index in [0.717, 1.165) is 11.3 Å². The predicted molar refractivity (Wildman–Crippen MR) is 80.6 cm³/mol. The fraction of sp³-hybridized carbons (Fsp3) is 0.375. The molecule has 1 aromatic heterocycles. The van der Waals surface area contributed by atoms with Crippen LogP contribution in [0.4, 0.5) is 0 Å². The molecule has 0 amide bonds. The lowest BCUT2D eigenvalue weighted by Gasteiger charge is -2.18. The molecule has 0 aliphatic rings. The molecule has 1 N–H and O–H groups in total. The Hall–Kier alpha value is -2.30. The van der Waals surface area contributed by atoms with Crippen LogP contribution in [0.5, 0.6) is 5.75 Å². The zero-order valence-electron chi connectivity index (χ0n) is 12.8. The molecule has 1 aromatic carbocycles. The van der Waals surface area contributed by atoms with Crippen LogP contribution in [0.3, 0.4) is 0 Å². The molecule has 0 spiro atoms. The van der Waals surface area contributed by atoms with Crippen LogP contribution in [0.15, 0.2) is 30.5 Å². The van der Waals surface area contributed by atoms with Gasteiger partial charge in [0.05, 0.1) is 24.8 Å². The molecule has 0 saturated heterocycles. The number of methoxy groups -OCH3 is 1. The zero-order valence-corrected chi connectivity index (χ0v) is 12.8. The van der Waals surface area contributed by atoms with Gasteiger partial charge in [0.2, 0.25) is 0 Å². The molecule has 0 radical (unpaired) electrons. The van der Waals surface area contributed by atoms with Crippen LogP contribution in [0, 0.1) is 0 Å². The first-order valence-electron chi connectivity index (χ1n) is 6.76. The zero-order chi connectivity index (χ0) is 15.6. The molecule has 1 heterocycles. The first kappa shape index (κ1) is 15.1. The Kier molecular flexibility index (Phi) is 4.02. The third-order valence-electron chi connectivity index (χ3n) is 3.16. The van der Waals surface area contributed by atoms with E-state index < -0.39 is 5.97 Å². The Labute approximate surface area is 124 Å².